The summed E-state index contributed by atoms with van der Waals surface area (Å²) in [6.07, 6.45) is 4.23. The van der Waals surface area contributed by atoms with Gasteiger partial charge in [0.25, 0.3) is 5.91 Å². The van der Waals surface area contributed by atoms with Crippen LogP contribution in [0.15, 0.2) is 53.9 Å². The minimum atomic E-state index is -0.626. The quantitative estimate of drug-likeness (QED) is 0.676. The molecule has 0 aliphatic rings. The molecule has 1 unspecified atom stereocenters. The van der Waals surface area contributed by atoms with E-state index in [1.54, 1.807) is 25.4 Å². The van der Waals surface area contributed by atoms with E-state index in [0.717, 1.165) is 11.1 Å². The predicted octanol–water partition coefficient (Wildman–Crippen LogP) is 2.31. The van der Waals surface area contributed by atoms with Gasteiger partial charge in [-0.3, -0.25) is 9.78 Å². The SMILES string of the molecule is Cc1ccc(OC(C)C(=O)NN=Cc2cccnc2)cc1. The van der Waals surface area contributed by atoms with Crippen molar-refractivity contribution >= 4 is 12.1 Å². The maximum Gasteiger partial charge on any atom is 0.280 e. The zero-order valence-corrected chi connectivity index (χ0v) is 12.0. The number of nitrogens with one attached hydrogen (secondary N) is 1. The van der Waals surface area contributed by atoms with E-state index in [-0.39, 0.29) is 5.91 Å². The van der Waals surface area contributed by atoms with Gasteiger partial charge in [0.15, 0.2) is 6.10 Å². The Hall–Kier alpha value is -2.69. The molecule has 1 aromatic heterocycles. The van der Waals surface area contributed by atoms with Gasteiger partial charge in [-0.2, -0.15) is 5.10 Å². The van der Waals surface area contributed by atoms with Crippen LogP contribution in [-0.2, 0) is 4.79 Å². The number of nitrogens with zero attached hydrogens (tertiary/aromatic N) is 2. The van der Waals surface area contributed by atoms with Crippen LogP contribution >= 0.6 is 0 Å². The second-order valence-electron chi connectivity index (χ2n) is 4.59. The fraction of sp³-hybridized carbons (Fsp3) is 0.188. The monoisotopic (exact) mass is 283 g/mol. The zero-order valence-electron chi connectivity index (χ0n) is 12.0. The molecule has 0 saturated heterocycles. The number of rotatable bonds is 5. The van der Waals surface area contributed by atoms with Crippen molar-refractivity contribution in [2.45, 2.75) is 20.0 Å². The first-order valence-corrected chi connectivity index (χ1v) is 6.61. The minimum Gasteiger partial charge on any atom is -0.481 e. The van der Waals surface area contributed by atoms with Crippen molar-refractivity contribution in [3.05, 3.63) is 59.9 Å². The second kappa shape index (κ2) is 7.19. The molecular formula is C16H17N3O2. The van der Waals surface area contributed by atoms with Crippen LogP contribution < -0.4 is 10.2 Å². The lowest BCUT2D eigenvalue weighted by Crippen LogP contribution is -2.33. The van der Waals surface area contributed by atoms with Gasteiger partial charge in [-0.1, -0.05) is 23.8 Å². The Morgan fingerprint density at radius 2 is 2.10 bits per heavy atom. The molecule has 1 atom stereocenters. The molecular weight excluding hydrogens is 266 g/mol. The van der Waals surface area contributed by atoms with Crippen LogP contribution in [0.1, 0.15) is 18.1 Å². The van der Waals surface area contributed by atoms with E-state index in [4.69, 9.17) is 4.74 Å². The van der Waals surface area contributed by atoms with E-state index >= 15 is 0 Å². The standard InChI is InChI=1S/C16H17N3O2/c1-12-5-7-15(8-6-12)21-13(2)16(20)19-18-11-14-4-3-9-17-10-14/h3-11,13H,1-2H3,(H,19,20). The molecule has 21 heavy (non-hydrogen) atoms. The Morgan fingerprint density at radius 3 is 2.76 bits per heavy atom. The van der Waals surface area contributed by atoms with Crippen molar-refractivity contribution in [2.75, 3.05) is 0 Å². The van der Waals surface area contributed by atoms with Gasteiger partial charge in [0.05, 0.1) is 6.21 Å². The van der Waals surface area contributed by atoms with Gasteiger partial charge in [-0.05, 0) is 32.0 Å². The Balaban J connectivity index is 1.85. The first kappa shape index (κ1) is 14.7. The predicted molar refractivity (Wildman–Crippen MR) is 81.2 cm³/mol. The first-order valence-electron chi connectivity index (χ1n) is 6.61. The average Bonchev–Trinajstić information content (AvgIpc) is 2.50. The van der Waals surface area contributed by atoms with Gasteiger partial charge in [0.1, 0.15) is 5.75 Å². The van der Waals surface area contributed by atoms with Crippen LogP contribution in [0.4, 0.5) is 0 Å². The van der Waals surface area contributed by atoms with Crippen LogP contribution in [0.2, 0.25) is 0 Å². The summed E-state index contributed by atoms with van der Waals surface area (Å²) in [5.74, 6) is 0.343. The van der Waals surface area contributed by atoms with E-state index in [2.05, 4.69) is 15.5 Å². The molecule has 1 aromatic carbocycles. The summed E-state index contributed by atoms with van der Waals surface area (Å²) in [5, 5.41) is 3.87. The van der Waals surface area contributed by atoms with Crippen molar-refractivity contribution in [1.29, 1.82) is 0 Å². The Kier molecular flexibility index (Phi) is 5.04. The molecule has 1 heterocycles. The van der Waals surface area contributed by atoms with Crippen molar-refractivity contribution in [3.8, 4) is 5.75 Å². The number of benzene rings is 1. The smallest absolute Gasteiger partial charge is 0.280 e. The largest absolute Gasteiger partial charge is 0.481 e. The average molecular weight is 283 g/mol. The first-order chi connectivity index (χ1) is 10.1. The molecule has 0 aliphatic carbocycles. The molecule has 5 heteroatoms. The van der Waals surface area contributed by atoms with Crippen molar-refractivity contribution < 1.29 is 9.53 Å². The fourth-order valence-electron chi connectivity index (χ4n) is 1.59. The minimum absolute atomic E-state index is 0.310. The summed E-state index contributed by atoms with van der Waals surface area (Å²) in [6, 6.07) is 11.2. The number of ether oxygens (including phenoxy) is 1. The number of hydrazone groups is 1. The molecule has 5 nitrogen and oxygen atoms in total. The topological polar surface area (TPSA) is 63.6 Å². The number of hydrogen-bond acceptors (Lipinski definition) is 4. The lowest BCUT2D eigenvalue weighted by atomic mass is 10.2. The van der Waals surface area contributed by atoms with E-state index in [0.29, 0.717) is 5.75 Å². The highest BCUT2D eigenvalue weighted by Crippen LogP contribution is 2.13. The Labute approximate surface area is 123 Å². The molecule has 2 rings (SSSR count). The summed E-state index contributed by atoms with van der Waals surface area (Å²) in [6.45, 7) is 3.67. The highest BCUT2D eigenvalue weighted by molar-refractivity contribution is 5.84. The van der Waals surface area contributed by atoms with Crippen LogP contribution in [0.25, 0.3) is 0 Å². The van der Waals surface area contributed by atoms with Crippen molar-refractivity contribution in [1.82, 2.24) is 10.4 Å². The molecule has 108 valence electrons. The molecule has 0 saturated carbocycles. The number of carbonyl (C=O) groups is 1. The number of amides is 1. The van der Waals surface area contributed by atoms with Crippen LogP contribution in [0.5, 0.6) is 5.75 Å². The lowest BCUT2D eigenvalue weighted by Gasteiger charge is -2.12. The van der Waals surface area contributed by atoms with Gasteiger partial charge >= 0.3 is 0 Å². The molecule has 1 N–H and O–H groups in total. The van der Waals surface area contributed by atoms with Gasteiger partial charge in [0.2, 0.25) is 0 Å². The lowest BCUT2D eigenvalue weighted by molar-refractivity contribution is -0.127. The third kappa shape index (κ3) is 4.72. The third-order valence-electron chi connectivity index (χ3n) is 2.78. The highest BCUT2D eigenvalue weighted by Gasteiger charge is 2.13. The maximum absolute atomic E-state index is 11.8. The normalized spacial score (nSPS) is 12.1. The highest BCUT2D eigenvalue weighted by atomic mass is 16.5. The molecule has 0 spiro atoms. The molecule has 1 amide bonds. The Bertz CT molecular complexity index is 609. The van der Waals surface area contributed by atoms with Crippen LogP contribution in [0, 0.1) is 6.92 Å². The Morgan fingerprint density at radius 1 is 1.33 bits per heavy atom. The molecule has 0 aliphatic heterocycles. The number of aryl methyl sites for hydroxylation is 1. The second-order valence-corrected chi connectivity index (χ2v) is 4.59. The molecule has 2 aromatic rings. The summed E-state index contributed by atoms with van der Waals surface area (Å²) < 4.78 is 5.54. The van der Waals surface area contributed by atoms with E-state index < -0.39 is 6.10 Å². The van der Waals surface area contributed by atoms with E-state index in [9.17, 15) is 4.79 Å². The summed E-state index contributed by atoms with van der Waals surface area (Å²) in [4.78, 5) is 15.8. The molecule has 0 bridgehead atoms. The van der Waals surface area contributed by atoms with Gasteiger partial charge in [-0.25, -0.2) is 5.43 Å². The van der Waals surface area contributed by atoms with E-state index in [1.165, 1.54) is 6.21 Å². The van der Waals surface area contributed by atoms with Gasteiger partial charge in [-0.15, -0.1) is 0 Å². The molecule has 0 fully saturated rings. The third-order valence-corrected chi connectivity index (χ3v) is 2.78. The summed E-state index contributed by atoms with van der Waals surface area (Å²) in [7, 11) is 0. The number of aromatic nitrogens is 1. The summed E-state index contributed by atoms with van der Waals surface area (Å²) >= 11 is 0. The van der Waals surface area contributed by atoms with Gasteiger partial charge in [0, 0.05) is 18.0 Å². The van der Waals surface area contributed by atoms with Crippen LogP contribution in [0.3, 0.4) is 0 Å². The van der Waals surface area contributed by atoms with Crippen molar-refractivity contribution in [2.24, 2.45) is 5.10 Å². The van der Waals surface area contributed by atoms with Crippen molar-refractivity contribution in [3.63, 3.8) is 0 Å². The zero-order chi connectivity index (χ0) is 15.1. The van der Waals surface area contributed by atoms with Gasteiger partial charge < -0.3 is 4.74 Å². The maximum atomic E-state index is 11.8. The van der Waals surface area contributed by atoms with Crippen LogP contribution in [-0.4, -0.2) is 23.2 Å². The van der Waals surface area contributed by atoms with E-state index in [1.807, 2.05) is 37.3 Å². The number of hydrogen-bond donors (Lipinski definition) is 1. The number of pyridine rings is 1. The fourth-order valence-corrected chi connectivity index (χ4v) is 1.59. The molecule has 0 radical (unpaired) electrons. The number of carbonyl (C=O) groups excluding carboxylic acids is 1. The summed E-state index contributed by atoms with van der Waals surface area (Å²) in [5.41, 5.74) is 4.39.